The Labute approximate surface area is 124 Å². The summed E-state index contributed by atoms with van der Waals surface area (Å²) in [6, 6.07) is 9.53. The number of aliphatic carboxylic acids is 1. The van der Waals surface area contributed by atoms with Gasteiger partial charge in [-0.1, -0.05) is 37.3 Å². The first-order valence-corrected chi connectivity index (χ1v) is 6.93. The SMILES string of the molecule is CC(CNC(=O)NCCC(=O)O)COCc1ccccc1. The van der Waals surface area contributed by atoms with Gasteiger partial charge in [0.05, 0.1) is 19.6 Å². The molecule has 0 aliphatic heterocycles. The summed E-state index contributed by atoms with van der Waals surface area (Å²) in [5.74, 6) is -0.753. The molecule has 0 aliphatic rings. The molecule has 0 bridgehead atoms. The molecule has 0 saturated heterocycles. The van der Waals surface area contributed by atoms with E-state index in [2.05, 4.69) is 10.6 Å². The van der Waals surface area contributed by atoms with E-state index in [4.69, 9.17) is 9.84 Å². The number of hydrogen-bond donors (Lipinski definition) is 3. The van der Waals surface area contributed by atoms with Crippen LogP contribution < -0.4 is 10.6 Å². The second kappa shape index (κ2) is 9.77. The summed E-state index contributed by atoms with van der Waals surface area (Å²) in [5, 5.41) is 13.6. The van der Waals surface area contributed by atoms with Crippen molar-refractivity contribution in [2.45, 2.75) is 20.0 Å². The smallest absolute Gasteiger partial charge is 0.314 e. The maximum atomic E-state index is 11.4. The van der Waals surface area contributed by atoms with Gasteiger partial charge in [-0.15, -0.1) is 0 Å². The van der Waals surface area contributed by atoms with E-state index in [0.29, 0.717) is 19.8 Å². The third kappa shape index (κ3) is 8.65. The molecular formula is C15H22N2O4. The van der Waals surface area contributed by atoms with Crippen LogP contribution in [0.5, 0.6) is 0 Å². The molecule has 2 amide bonds. The van der Waals surface area contributed by atoms with Gasteiger partial charge in [0.15, 0.2) is 0 Å². The highest BCUT2D eigenvalue weighted by Gasteiger charge is 2.06. The number of carboxylic acids is 1. The lowest BCUT2D eigenvalue weighted by molar-refractivity contribution is -0.136. The average molecular weight is 294 g/mol. The minimum atomic E-state index is -0.932. The predicted molar refractivity (Wildman–Crippen MR) is 78.9 cm³/mol. The van der Waals surface area contributed by atoms with Gasteiger partial charge < -0.3 is 20.5 Å². The van der Waals surface area contributed by atoms with E-state index in [-0.39, 0.29) is 24.9 Å². The van der Waals surface area contributed by atoms with Crippen LogP contribution in [0, 0.1) is 5.92 Å². The summed E-state index contributed by atoms with van der Waals surface area (Å²) in [4.78, 5) is 21.7. The quantitative estimate of drug-likeness (QED) is 0.645. The zero-order chi connectivity index (χ0) is 15.5. The van der Waals surface area contributed by atoms with Crippen molar-refractivity contribution in [1.29, 1.82) is 0 Å². The maximum absolute atomic E-state index is 11.4. The lowest BCUT2D eigenvalue weighted by atomic mass is 10.2. The number of nitrogens with one attached hydrogen (secondary N) is 2. The summed E-state index contributed by atoms with van der Waals surface area (Å²) in [6.07, 6.45) is -0.0802. The number of carbonyl (C=O) groups is 2. The lowest BCUT2D eigenvalue weighted by Gasteiger charge is -2.13. The van der Waals surface area contributed by atoms with Gasteiger partial charge in [-0.05, 0) is 11.5 Å². The lowest BCUT2D eigenvalue weighted by Crippen LogP contribution is -2.39. The van der Waals surface area contributed by atoms with E-state index in [1.807, 2.05) is 37.3 Å². The van der Waals surface area contributed by atoms with Crippen molar-refractivity contribution in [3.05, 3.63) is 35.9 Å². The van der Waals surface area contributed by atoms with Crippen molar-refractivity contribution in [1.82, 2.24) is 10.6 Å². The first-order chi connectivity index (χ1) is 10.1. The Balaban J connectivity index is 2.06. The van der Waals surface area contributed by atoms with Crippen molar-refractivity contribution >= 4 is 12.0 Å². The third-order valence-corrected chi connectivity index (χ3v) is 2.75. The van der Waals surface area contributed by atoms with E-state index < -0.39 is 5.97 Å². The number of ether oxygens (including phenoxy) is 1. The highest BCUT2D eigenvalue weighted by Crippen LogP contribution is 2.02. The zero-order valence-electron chi connectivity index (χ0n) is 12.2. The number of carbonyl (C=O) groups excluding carboxylic acids is 1. The molecular weight excluding hydrogens is 272 g/mol. The first-order valence-electron chi connectivity index (χ1n) is 6.93. The third-order valence-electron chi connectivity index (χ3n) is 2.75. The Morgan fingerprint density at radius 2 is 1.95 bits per heavy atom. The fraction of sp³-hybridized carbons (Fsp3) is 0.467. The normalized spacial score (nSPS) is 11.7. The maximum Gasteiger partial charge on any atom is 0.314 e. The largest absolute Gasteiger partial charge is 0.481 e. The molecule has 6 nitrogen and oxygen atoms in total. The van der Waals surface area contributed by atoms with Gasteiger partial charge in [0.25, 0.3) is 0 Å². The van der Waals surface area contributed by atoms with Crippen LogP contribution in [0.3, 0.4) is 0 Å². The predicted octanol–water partition coefficient (Wildman–Crippen LogP) is 1.61. The Hall–Kier alpha value is -2.08. The van der Waals surface area contributed by atoms with Crippen molar-refractivity contribution in [3.63, 3.8) is 0 Å². The highest BCUT2D eigenvalue weighted by molar-refractivity contribution is 5.74. The monoisotopic (exact) mass is 294 g/mol. The summed E-state index contributed by atoms with van der Waals surface area (Å²) in [7, 11) is 0. The Kier molecular flexibility index (Phi) is 7.89. The molecule has 1 unspecified atom stereocenters. The zero-order valence-corrected chi connectivity index (χ0v) is 12.2. The molecule has 3 N–H and O–H groups in total. The van der Waals surface area contributed by atoms with Gasteiger partial charge in [0.2, 0.25) is 0 Å². The molecule has 0 aromatic heterocycles. The molecule has 1 aromatic rings. The molecule has 116 valence electrons. The van der Waals surface area contributed by atoms with Crippen molar-refractivity contribution in [2.24, 2.45) is 5.92 Å². The van der Waals surface area contributed by atoms with Crippen LogP contribution in [0.25, 0.3) is 0 Å². The van der Waals surface area contributed by atoms with Gasteiger partial charge >= 0.3 is 12.0 Å². The van der Waals surface area contributed by atoms with Crippen LogP contribution in [-0.2, 0) is 16.1 Å². The van der Waals surface area contributed by atoms with Crippen molar-refractivity contribution in [3.8, 4) is 0 Å². The molecule has 0 spiro atoms. The molecule has 0 aliphatic carbocycles. The van der Waals surface area contributed by atoms with E-state index in [1.165, 1.54) is 0 Å². The van der Waals surface area contributed by atoms with Gasteiger partial charge in [-0.3, -0.25) is 4.79 Å². The van der Waals surface area contributed by atoms with E-state index in [9.17, 15) is 9.59 Å². The number of urea groups is 1. The number of benzene rings is 1. The average Bonchev–Trinajstić information content (AvgIpc) is 2.46. The minimum absolute atomic E-state index is 0.0802. The van der Waals surface area contributed by atoms with Crippen molar-refractivity contribution < 1.29 is 19.4 Å². The number of rotatable bonds is 9. The van der Waals surface area contributed by atoms with E-state index >= 15 is 0 Å². The molecule has 6 heteroatoms. The number of amides is 2. The van der Waals surface area contributed by atoms with Crippen LogP contribution in [0.15, 0.2) is 30.3 Å². The van der Waals surface area contributed by atoms with Crippen LogP contribution in [-0.4, -0.2) is 36.8 Å². The second-order valence-electron chi connectivity index (χ2n) is 4.89. The van der Waals surface area contributed by atoms with Gasteiger partial charge in [0.1, 0.15) is 0 Å². The second-order valence-corrected chi connectivity index (χ2v) is 4.89. The summed E-state index contributed by atoms with van der Waals surface area (Å²) < 4.78 is 5.58. The molecule has 0 radical (unpaired) electrons. The molecule has 1 aromatic carbocycles. The van der Waals surface area contributed by atoms with Gasteiger partial charge in [-0.25, -0.2) is 4.79 Å². The molecule has 21 heavy (non-hydrogen) atoms. The van der Waals surface area contributed by atoms with E-state index in [1.54, 1.807) is 0 Å². The molecule has 0 saturated carbocycles. The Morgan fingerprint density at radius 3 is 2.62 bits per heavy atom. The molecule has 1 atom stereocenters. The van der Waals surface area contributed by atoms with Crippen LogP contribution >= 0.6 is 0 Å². The Bertz CT molecular complexity index is 437. The Morgan fingerprint density at radius 1 is 1.24 bits per heavy atom. The molecule has 1 rings (SSSR count). The molecule has 0 fully saturated rings. The number of carboxylic acid groups (broad SMARTS) is 1. The standard InChI is InChI=1S/C15H22N2O4/c1-12(9-17-15(20)16-8-7-14(18)19)10-21-11-13-5-3-2-4-6-13/h2-6,12H,7-11H2,1H3,(H,18,19)(H2,16,17,20). The fourth-order valence-electron chi connectivity index (χ4n) is 1.62. The first kappa shape index (κ1) is 17.0. The minimum Gasteiger partial charge on any atom is -0.481 e. The fourth-order valence-corrected chi connectivity index (χ4v) is 1.62. The summed E-state index contributed by atoms with van der Waals surface area (Å²) in [6.45, 7) is 3.68. The van der Waals surface area contributed by atoms with E-state index in [0.717, 1.165) is 5.56 Å². The van der Waals surface area contributed by atoms with Crippen LogP contribution in [0.1, 0.15) is 18.9 Å². The summed E-state index contributed by atoms with van der Waals surface area (Å²) in [5.41, 5.74) is 1.11. The van der Waals surface area contributed by atoms with Crippen molar-refractivity contribution in [2.75, 3.05) is 19.7 Å². The molecule has 0 heterocycles. The van der Waals surface area contributed by atoms with Crippen LogP contribution in [0.2, 0.25) is 0 Å². The highest BCUT2D eigenvalue weighted by atomic mass is 16.5. The number of hydrogen-bond acceptors (Lipinski definition) is 3. The van der Waals surface area contributed by atoms with Gasteiger partial charge in [0, 0.05) is 13.1 Å². The topological polar surface area (TPSA) is 87.7 Å². The van der Waals surface area contributed by atoms with Crippen LogP contribution in [0.4, 0.5) is 4.79 Å². The summed E-state index contributed by atoms with van der Waals surface area (Å²) >= 11 is 0. The van der Waals surface area contributed by atoms with Gasteiger partial charge in [-0.2, -0.15) is 0 Å².